The van der Waals surface area contributed by atoms with Crippen LogP contribution in [0.25, 0.3) is 0 Å². The number of nitrogens with two attached hydrogens (primary N) is 1. The monoisotopic (exact) mass is 367 g/mol. The number of aliphatic imine (C=N–C) groups is 1. The van der Waals surface area contributed by atoms with Crippen LogP contribution in [0.15, 0.2) is 47.5 Å². The number of rotatable bonds is 3. The number of fused-ring (bicyclic) bond motifs is 1. The van der Waals surface area contributed by atoms with E-state index in [1.54, 1.807) is 0 Å². The molecule has 1 aliphatic rings. The molecule has 138 valence electrons. The Bertz CT molecular complexity index is 820. The van der Waals surface area contributed by atoms with Crippen LogP contribution in [0.5, 0.6) is 5.75 Å². The van der Waals surface area contributed by atoms with Gasteiger partial charge in [-0.25, -0.2) is 9.38 Å². The predicted octanol–water partition coefficient (Wildman–Crippen LogP) is 3.77. The van der Waals surface area contributed by atoms with E-state index in [-0.39, 0.29) is 24.1 Å². The van der Waals surface area contributed by atoms with E-state index in [4.69, 9.17) is 10.5 Å². The van der Waals surface area contributed by atoms with Gasteiger partial charge in [0.25, 0.3) is 0 Å². The summed E-state index contributed by atoms with van der Waals surface area (Å²) < 4.78 is 57.7. The highest BCUT2D eigenvalue weighted by Crippen LogP contribution is 2.33. The first-order valence-corrected chi connectivity index (χ1v) is 7.98. The molecule has 1 aliphatic heterocycles. The highest BCUT2D eigenvalue weighted by molar-refractivity contribution is 5.78. The third kappa shape index (κ3) is 4.07. The van der Waals surface area contributed by atoms with Gasteiger partial charge in [0.1, 0.15) is 11.6 Å². The molecule has 0 aromatic heterocycles. The van der Waals surface area contributed by atoms with Gasteiger partial charge < -0.3 is 15.8 Å². The van der Waals surface area contributed by atoms with Crippen LogP contribution in [0.4, 0.5) is 17.6 Å². The molecule has 0 amide bonds. The summed E-state index contributed by atoms with van der Waals surface area (Å²) in [7, 11) is 0. The third-order valence-corrected chi connectivity index (χ3v) is 4.08. The zero-order chi connectivity index (χ0) is 18.7. The number of halogens is 4. The SMILES string of the molecule is NC(=NCc1ccc(F)cc1C(F)(F)F)NC1CCOc2ccccc21. The fourth-order valence-corrected chi connectivity index (χ4v) is 2.84. The molecule has 1 atom stereocenters. The van der Waals surface area contributed by atoms with Crippen LogP contribution in [0, 0.1) is 5.82 Å². The number of hydrogen-bond donors (Lipinski definition) is 2. The van der Waals surface area contributed by atoms with E-state index in [0.29, 0.717) is 19.1 Å². The molecule has 0 radical (unpaired) electrons. The van der Waals surface area contributed by atoms with Crippen molar-refractivity contribution in [2.45, 2.75) is 25.2 Å². The van der Waals surface area contributed by atoms with Gasteiger partial charge in [-0.1, -0.05) is 24.3 Å². The Morgan fingerprint density at radius 1 is 1.23 bits per heavy atom. The molecule has 0 bridgehead atoms. The number of guanidine groups is 1. The molecule has 8 heteroatoms. The van der Waals surface area contributed by atoms with Crippen molar-refractivity contribution in [2.75, 3.05) is 6.61 Å². The van der Waals surface area contributed by atoms with E-state index in [1.807, 2.05) is 24.3 Å². The maximum Gasteiger partial charge on any atom is 0.416 e. The second-order valence-corrected chi connectivity index (χ2v) is 5.87. The number of ether oxygens (including phenoxy) is 1. The Kier molecular flexibility index (Phi) is 5.01. The third-order valence-electron chi connectivity index (χ3n) is 4.08. The molecule has 2 aromatic carbocycles. The predicted molar refractivity (Wildman–Crippen MR) is 89.2 cm³/mol. The number of nitrogens with zero attached hydrogens (tertiary/aromatic N) is 1. The highest BCUT2D eigenvalue weighted by atomic mass is 19.4. The zero-order valence-corrected chi connectivity index (χ0v) is 13.7. The molecule has 26 heavy (non-hydrogen) atoms. The van der Waals surface area contributed by atoms with Crippen LogP contribution in [0.2, 0.25) is 0 Å². The Hall–Kier alpha value is -2.77. The molecule has 4 nitrogen and oxygen atoms in total. The van der Waals surface area contributed by atoms with Crippen molar-refractivity contribution in [1.82, 2.24) is 5.32 Å². The minimum absolute atomic E-state index is 0.0177. The summed E-state index contributed by atoms with van der Waals surface area (Å²) in [5, 5.41) is 3.01. The number of para-hydroxylation sites is 1. The van der Waals surface area contributed by atoms with Crippen LogP contribution in [-0.4, -0.2) is 12.6 Å². The van der Waals surface area contributed by atoms with Crippen molar-refractivity contribution in [1.29, 1.82) is 0 Å². The van der Waals surface area contributed by atoms with E-state index in [2.05, 4.69) is 10.3 Å². The fourth-order valence-electron chi connectivity index (χ4n) is 2.84. The number of alkyl halides is 3. The normalized spacial score (nSPS) is 17.4. The summed E-state index contributed by atoms with van der Waals surface area (Å²) in [5.41, 5.74) is 5.56. The Morgan fingerprint density at radius 3 is 2.77 bits per heavy atom. The lowest BCUT2D eigenvalue weighted by atomic mass is 10.0. The molecular formula is C18H17F4N3O. The molecule has 3 N–H and O–H groups in total. The van der Waals surface area contributed by atoms with Crippen molar-refractivity contribution in [3.05, 3.63) is 65.0 Å². The number of nitrogens with one attached hydrogen (secondary N) is 1. The zero-order valence-electron chi connectivity index (χ0n) is 13.7. The standard InChI is InChI=1S/C18H17F4N3O/c19-12-6-5-11(14(9-12)18(20,21)22)10-24-17(23)25-15-7-8-26-16-4-2-1-3-13(15)16/h1-6,9,15H,7-8,10H2,(H3,23,24,25). The van der Waals surface area contributed by atoms with Gasteiger partial charge in [0.2, 0.25) is 0 Å². The van der Waals surface area contributed by atoms with E-state index < -0.39 is 17.6 Å². The van der Waals surface area contributed by atoms with Gasteiger partial charge in [0.05, 0.1) is 24.8 Å². The Labute approximate surface area is 147 Å². The molecule has 0 spiro atoms. The van der Waals surface area contributed by atoms with Gasteiger partial charge in [0, 0.05) is 12.0 Å². The van der Waals surface area contributed by atoms with Crippen LogP contribution in [0.3, 0.4) is 0 Å². The van der Waals surface area contributed by atoms with Crippen LogP contribution in [0.1, 0.15) is 29.2 Å². The topological polar surface area (TPSA) is 59.6 Å². The van der Waals surface area contributed by atoms with Crippen molar-refractivity contribution < 1.29 is 22.3 Å². The van der Waals surface area contributed by atoms with Crippen molar-refractivity contribution >= 4 is 5.96 Å². The van der Waals surface area contributed by atoms with Crippen LogP contribution >= 0.6 is 0 Å². The second-order valence-electron chi connectivity index (χ2n) is 5.87. The molecule has 2 aromatic rings. The van der Waals surface area contributed by atoms with Crippen molar-refractivity contribution in [3.8, 4) is 5.75 Å². The van der Waals surface area contributed by atoms with E-state index in [0.717, 1.165) is 23.4 Å². The Morgan fingerprint density at radius 2 is 2.00 bits per heavy atom. The number of hydrogen-bond acceptors (Lipinski definition) is 2. The lowest BCUT2D eigenvalue weighted by Crippen LogP contribution is -2.37. The first kappa shape index (κ1) is 18.0. The minimum Gasteiger partial charge on any atom is -0.493 e. The van der Waals surface area contributed by atoms with Gasteiger partial charge in [-0.15, -0.1) is 0 Å². The molecule has 1 heterocycles. The van der Waals surface area contributed by atoms with Gasteiger partial charge in [-0.2, -0.15) is 13.2 Å². The highest BCUT2D eigenvalue weighted by Gasteiger charge is 2.33. The Balaban J connectivity index is 1.75. The van der Waals surface area contributed by atoms with Gasteiger partial charge in [-0.3, -0.25) is 0 Å². The summed E-state index contributed by atoms with van der Waals surface area (Å²) in [6.45, 7) is 0.191. The maximum atomic E-state index is 13.1. The van der Waals surface area contributed by atoms with Gasteiger partial charge in [0.15, 0.2) is 5.96 Å². The summed E-state index contributed by atoms with van der Waals surface area (Å²) in [4.78, 5) is 3.99. The molecular weight excluding hydrogens is 350 g/mol. The summed E-state index contributed by atoms with van der Waals surface area (Å²) in [5.74, 6) is -0.193. The molecule has 0 saturated carbocycles. The lowest BCUT2D eigenvalue weighted by molar-refractivity contribution is -0.138. The fraction of sp³-hybridized carbons (Fsp3) is 0.278. The maximum absolute atomic E-state index is 13.1. The van der Waals surface area contributed by atoms with Gasteiger partial charge in [-0.05, 0) is 23.8 Å². The summed E-state index contributed by atoms with van der Waals surface area (Å²) in [6, 6.07) is 9.81. The van der Waals surface area contributed by atoms with Crippen molar-refractivity contribution in [3.63, 3.8) is 0 Å². The molecule has 0 aliphatic carbocycles. The summed E-state index contributed by atoms with van der Waals surface area (Å²) in [6.07, 6.45) is -4.01. The minimum atomic E-state index is -4.66. The lowest BCUT2D eigenvalue weighted by Gasteiger charge is -2.27. The summed E-state index contributed by atoms with van der Waals surface area (Å²) >= 11 is 0. The average molecular weight is 367 g/mol. The second kappa shape index (κ2) is 7.23. The molecule has 0 fully saturated rings. The van der Waals surface area contributed by atoms with E-state index in [1.165, 1.54) is 0 Å². The average Bonchev–Trinajstić information content (AvgIpc) is 2.60. The van der Waals surface area contributed by atoms with Crippen LogP contribution in [-0.2, 0) is 12.7 Å². The van der Waals surface area contributed by atoms with Crippen molar-refractivity contribution in [2.24, 2.45) is 10.7 Å². The number of benzene rings is 2. The largest absolute Gasteiger partial charge is 0.493 e. The molecule has 0 saturated heterocycles. The first-order chi connectivity index (χ1) is 12.3. The molecule has 3 rings (SSSR count). The first-order valence-electron chi connectivity index (χ1n) is 7.98. The van der Waals surface area contributed by atoms with E-state index in [9.17, 15) is 17.6 Å². The van der Waals surface area contributed by atoms with Gasteiger partial charge >= 0.3 is 6.18 Å². The van der Waals surface area contributed by atoms with Crippen LogP contribution < -0.4 is 15.8 Å². The smallest absolute Gasteiger partial charge is 0.416 e. The quantitative estimate of drug-likeness (QED) is 0.493. The molecule has 1 unspecified atom stereocenters. The van der Waals surface area contributed by atoms with E-state index >= 15 is 0 Å².